The second-order valence-electron chi connectivity index (χ2n) is 13.5. The normalized spacial score (nSPS) is 11.2. The van der Waals surface area contributed by atoms with Crippen LogP contribution in [-0.4, -0.2) is 35.2 Å². The summed E-state index contributed by atoms with van der Waals surface area (Å²) in [6.07, 6.45) is 35.5. The van der Waals surface area contributed by atoms with Crippen LogP contribution in [0.25, 0.3) is 0 Å². The van der Waals surface area contributed by atoms with E-state index in [-0.39, 0.29) is 4.90 Å². The Morgan fingerprint density at radius 1 is 0.480 bits per heavy atom. The molecule has 0 aliphatic rings. The molecule has 0 aliphatic carbocycles. The van der Waals surface area contributed by atoms with Crippen LogP contribution in [0.15, 0.2) is 94.3 Å². The molecule has 0 fully saturated rings. The van der Waals surface area contributed by atoms with E-state index >= 15 is 0 Å². The van der Waals surface area contributed by atoms with E-state index in [0.29, 0.717) is 0 Å². The first-order valence-electron chi connectivity index (χ1n) is 19.8. The zero-order chi connectivity index (χ0) is 36.0. The zero-order valence-corrected chi connectivity index (χ0v) is 32.3. The van der Waals surface area contributed by atoms with Crippen molar-refractivity contribution in [1.82, 2.24) is 9.13 Å². The monoisotopic (exact) mass is 709 g/mol. The van der Waals surface area contributed by atoms with E-state index in [0.717, 1.165) is 36.9 Å². The molecule has 0 saturated heterocycles. The largest absolute Gasteiger partial charge is 0.354 e. The molecule has 2 aromatic heterocycles. The average Bonchev–Trinajstić information content (AvgIpc) is 3.13. The molecule has 0 bridgehead atoms. The SMILES string of the molecule is CCCCCCCCN=c1ccn(CCCCCCCCCCn2ccc(=NCCCCCCCC)cc2)cc1.O=S(=O)(O)c1ccccc1. The van der Waals surface area contributed by atoms with Crippen molar-refractivity contribution in [2.45, 2.75) is 160 Å². The summed E-state index contributed by atoms with van der Waals surface area (Å²) in [5.74, 6) is 0. The summed E-state index contributed by atoms with van der Waals surface area (Å²) in [4.78, 5) is 9.41. The van der Waals surface area contributed by atoms with Gasteiger partial charge in [0.1, 0.15) is 0 Å². The van der Waals surface area contributed by atoms with Crippen LogP contribution in [0, 0.1) is 0 Å². The lowest BCUT2D eigenvalue weighted by molar-refractivity contribution is 0.483. The van der Waals surface area contributed by atoms with Gasteiger partial charge in [-0.3, -0.25) is 14.5 Å². The van der Waals surface area contributed by atoms with E-state index in [2.05, 4.69) is 72.0 Å². The second-order valence-corrected chi connectivity index (χ2v) is 14.9. The molecular weight excluding hydrogens is 641 g/mol. The van der Waals surface area contributed by atoms with Crippen molar-refractivity contribution < 1.29 is 13.0 Å². The fourth-order valence-electron chi connectivity index (χ4n) is 5.85. The summed E-state index contributed by atoms with van der Waals surface area (Å²) >= 11 is 0. The van der Waals surface area contributed by atoms with Crippen LogP contribution in [0.1, 0.15) is 142 Å². The van der Waals surface area contributed by atoms with Crippen LogP contribution >= 0.6 is 0 Å². The minimum Gasteiger partial charge on any atom is -0.354 e. The summed E-state index contributed by atoms with van der Waals surface area (Å²) < 4.78 is 33.9. The highest BCUT2D eigenvalue weighted by Gasteiger charge is 2.05. The fraction of sp³-hybridized carbons (Fsp3) is 0.619. The molecule has 1 aromatic carbocycles. The zero-order valence-electron chi connectivity index (χ0n) is 31.4. The van der Waals surface area contributed by atoms with Crippen LogP contribution in [0.2, 0.25) is 0 Å². The first-order valence-corrected chi connectivity index (χ1v) is 21.2. The second kappa shape index (κ2) is 28.7. The van der Waals surface area contributed by atoms with Gasteiger partial charge in [-0.1, -0.05) is 135 Å². The van der Waals surface area contributed by atoms with Crippen molar-refractivity contribution in [3.8, 4) is 0 Å². The van der Waals surface area contributed by atoms with Gasteiger partial charge in [0.25, 0.3) is 10.1 Å². The van der Waals surface area contributed by atoms with Crippen molar-refractivity contribution in [3.05, 3.63) is 90.1 Å². The van der Waals surface area contributed by atoms with Gasteiger partial charge < -0.3 is 9.13 Å². The van der Waals surface area contributed by atoms with Crippen LogP contribution in [0.4, 0.5) is 0 Å². The highest BCUT2D eigenvalue weighted by atomic mass is 32.2. The van der Waals surface area contributed by atoms with Gasteiger partial charge in [0.05, 0.1) is 15.6 Å². The number of unbranched alkanes of at least 4 members (excludes halogenated alkanes) is 17. The van der Waals surface area contributed by atoms with Crippen LogP contribution in [0.3, 0.4) is 0 Å². The Bertz CT molecular complexity index is 1360. The average molecular weight is 709 g/mol. The number of nitrogens with zero attached hydrogens (tertiary/aromatic N) is 4. The summed E-state index contributed by atoms with van der Waals surface area (Å²) in [5, 5.41) is 2.27. The summed E-state index contributed by atoms with van der Waals surface area (Å²) in [5.41, 5.74) is 0. The highest BCUT2D eigenvalue weighted by molar-refractivity contribution is 7.85. The van der Waals surface area contributed by atoms with E-state index in [4.69, 9.17) is 14.5 Å². The molecule has 0 amide bonds. The Labute approximate surface area is 304 Å². The van der Waals surface area contributed by atoms with Gasteiger partial charge in [0.15, 0.2) is 0 Å². The lowest BCUT2D eigenvalue weighted by Gasteiger charge is -2.07. The Hall–Kier alpha value is -2.97. The molecule has 0 unspecified atom stereocenters. The molecule has 0 aliphatic heterocycles. The van der Waals surface area contributed by atoms with Crippen molar-refractivity contribution in [3.63, 3.8) is 0 Å². The van der Waals surface area contributed by atoms with E-state index < -0.39 is 10.1 Å². The predicted octanol–water partition coefficient (Wildman–Crippen LogP) is 10.6. The van der Waals surface area contributed by atoms with E-state index in [1.165, 1.54) is 141 Å². The predicted molar refractivity (Wildman–Crippen MR) is 210 cm³/mol. The fourth-order valence-corrected chi connectivity index (χ4v) is 6.35. The number of rotatable bonds is 26. The standard InChI is InChI=1S/C36H62N4.C6H6O3S/c1-3-5-7-9-15-19-27-37-35-23-31-39(32-24-35)29-21-17-13-11-12-14-18-22-30-40-33-25-36(26-34-40)38-28-20-16-10-8-6-4-2;7-10(8,9)6-4-2-1-3-5-6/h23-26,31-34H,3-22,27-30H2,1-2H3;1-5H,(H,7,8,9). The third kappa shape index (κ3) is 22.7. The Balaban J connectivity index is 0.000000739. The molecule has 2 heterocycles. The Morgan fingerprint density at radius 3 is 1.16 bits per heavy atom. The molecule has 7 nitrogen and oxygen atoms in total. The number of hydrogen-bond acceptors (Lipinski definition) is 4. The van der Waals surface area contributed by atoms with Crippen LogP contribution in [0.5, 0.6) is 0 Å². The van der Waals surface area contributed by atoms with Gasteiger partial charge >= 0.3 is 0 Å². The van der Waals surface area contributed by atoms with Crippen LogP contribution < -0.4 is 10.7 Å². The van der Waals surface area contributed by atoms with E-state index in [9.17, 15) is 8.42 Å². The molecule has 50 heavy (non-hydrogen) atoms. The van der Waals surface area contributed by atoms with Gasteiger partial charge in [0.2, 0.25) is 0 Å². The first-order chi connectivity index (χ1) is 24.4. The highest BCUT2D eigenvalue weighted by Crippen LogP contribution is 2.10. The lowest BCUT2D eigenvalue weighted by atomic mass is 10.1. The van der Waals surface area contributed by atoms with Gasteiger partial charge in [-0.2, -0.15) is 8.42 Å². The number of hydrogen-bond donors (Lipinski definition) is 1. The number of pyridine rings is 2. The van der Waals surface area contributed by atoms with E-state index in [1.54, 1.807) is 18.2 Å². The maximum Gasteiger partial charge on any atom is 0.294 e. The van der Waals surface area contributed by atoms with Crippen molar-refractivity contribution in [2.75, 3.05) is 13.1 Å². The molecule has 0 spiro atoms. The van der Waals surface area contributed by atoms with Crippen molar-refractivity contribution in [1.29, 1.82) is 0 Å². The number of aryl methyl sites for hydroxylation is 2. The van der Waals surface area contributed by atoms with Gasteiger partial charge in [-0.25, -0.2) is 0 Å². The van der Waals surface area contributed by atoms with Crippen molar-refractivity contribution >= 4 is 10.1 Å². The smallest absolute Gasteiger partial charge is 0.294 e. The molecule has 3 aromatic rings. The molecular formula is C42H68N4O3S. The third-order valence-electron chi connectivity index (χ3n) is 8.98. The van der Waals surface area contributed by atoms with Gasteiger partial charge in [0, 0.05) is 51.0 Å². The molecule has 0 atom stereocenters. The molecule has 280 valence electrons. The maximum absolute atomic E-state index is 10.4. The number of benzene rings is 1. The number of aromatic nitrogens is 2. The van der Waals surface area contributed by atoms with Crippen LogP contribution in [-0.2, 0) is 23.2 Å². The maximum atomic E-state index is 10.4. The van der Waals surface area contributed by atoms with Gasteiger partial charge in [-0.15, -0.1) is 0 Å². The molecule has 8 heteroatoms. The minimum absolute atomic E-state index is 0.0741. The van der Waals surface area contributed by atoms with Gasteiger partial charge in [-0.05, 0) is 62.1 Å². The topological polar surface area (TPSA) is 89.0 Å². The summed E-state index contributed by atoms with van der Waals surface area (Å²) in [6, 6.07) is 16.1. The minimum atomic E-state index is -4.00. The third-order valence-corrected chi connectivity index (χ3v) is 9.85. The molecule has 0 saturated carbocycles. The Morgan fingerprint density at radius 2 is 0.820 bits per heavy atom. The molecule has 0 radical (unpaired) electrons. The molecule has 3 rings (SSSR count). The molecule has 1 N–H and O–H groups in total. The summed E-state index contributed by atoms with van der Waals surface area (Å²) in [7, 11) is -4.00. The van der Waals surface area contributed by atoms with E-state index in [1.807, 2.05) is 0 Å². The summed E-state index contributed by atoms with van der Waals surface area (Å²) in [6.45, 7) is 8.74. The quantitative estimate of drug-likeness (QED) is 0.0665. The lowest BCUT2D eigenvalue weighted by Crippen LogP contribution is -2.06. The Kier molecular flexibility index (Phi) is 24.8. The first kappa shape index (κ1) is 43.2. The van der Waals surface area contributed by atoms with Crippen molar-refractivity contribution in [2.24, 2.45) is 9.98 Å².